The maximum absolute atomic E-state index is 14.6. The number of methoxy groups -OCH3 is 2. The molecule has 3 aromatic rings. The summed E-state index contributed by atoms with van der Waals surface area (Å²) in [7, 11) is 0.890. The molecule has 7 rings (SSSR count). The van der Waals surface area contributed by atoms with Gasteiger partial charge < -0.3 is 24.2 Å². The van der Waals surface area contributed by atoms with Crippen molar-refractivity contribution in [2.75, 3.05) is 44.6 Å². The maximum atomic E-state index is 14.6. The van der Waals surface area contributed by atoms with Gasteiger partial charge in [0.2, 0.25) is 5.88 Å². The van der Waals surface area contributed by atoms with E-state index in [1.54, 1.807) is 45.4 Å². The zero-order valence-corrected chi connectivity index (χ0v) is 31.5. The van der Waals surface area contributed by atoms with Crippen LogP contribution in [0, 0.1) is 17.8 Å². The van der Waals surface area contributed by atoms with Crippen LogP contribution < -0.4 is 19.1 Å². The summed E-state index contributed by atoms with van der Waals surface area (Å²) >= 11 is 6.45. The highest BCUT2D eigenvalue weighted by Gasteiger charge is 2.44. The lowest BCUT2D eigenvalue weighted by Gasteiger charge is -2.46. The molecule has 2 N–H and O–H groups in total. The van der Waals surface area contributed by atoms with Gasteiger partial charge in [0.15, 0.2) is 0 Å². The molecule has 14 heteroatoms. The average Bonchev–Trinajstić information content (AvgIpc) is 3.42. The molecule has 2 aromatic carbocycles. The molecule has 1 saturated carbocycles. The van der Waals surface area contributed by atoms with Gasteiger partial charge in [-0.1, -0.05) is 36.7 Å². The number of amides is 2. The van der Waals surface area contributed by atoms with Crippen molar-refractivity contribution in [2.45, 2.75) is 56.7 Å². The Morgan fingerprint density at radius 3 is 2.75 bits per heavy atom. The molecular weight excluding hydrogens is 706 g/mol. The number of carbonyl (C=O) groups excluding carboxylic acids is 2. The Morgan fingerprint density at radius 2 is 2.00 bits per heavy atom. The maximum Gasteiger partial charge on any atom is 0.286 e. The highest BCUT2D eigenvalue weighted by molar-refractivity contribution is 7.92. The number of nitrogens with zero attached hydrogens (tertiary/aromatic N) is 4. The average molecular weight is 752 g/mol. The van der Waals surface area contributed by atoms with Gasteiger partial charge in [0, 0.05) is 49.4 Å². The summed E-state index contributed by atoms with van der Waals surface area (Å²) in [6, 6.07) is 11.3. The minimum Gasteiger partial charge on any atom is -0.490 e. The van der Waals surface area contributed by atoms with Crippen LogP contribution in [0.5, 0.6) is 11.6 Å². The van der Waals surface area contributed by atoms with Gasteiger partial charge in [-0.25, -0.2) is 4.21 Å². The van der Waals surface area contributed by atoms with Gasteiger partial charge in [-0.05, 0) is 91.3 Å². The molecule has 0 saturated heterocycles. The van der Waals surface area contributed by atoms with Crippen molar-refractivity contribution in [2.24, 2.45) is 29.2 Å². The summed E-state index contributed by atoms with van der Waals surface area (Å²) in [4.78, 5) is 29.9. The molecule has 2 aliphatic heterocycles. The molecule has 12 nitrogen and oxygen atoms in total. The molecule has 1 aromatic heterocycles. The highest BCUT2D eigenvalue weighted by atomic mass is 35.5. The van der Waals surface area contributed by atoms with E-state index in [1.807, 2.05) is 12.1 Å². The van der Waals surface area contributed by atoms with E-state index in [0.717, 1.165) is 37.8 Å². The number of carbonyl (C=O) groups is 2. The van der Waals surface area contributed by atoms with Crippen molar-refractivity contribution in [3.8, 4) is 11.6 Å². The number of aliphatic hydroxyl groups is 1. The number of aliphatic hydroxyl groups excluding tert-OH is 1. The molecule has 1 fully saturated rings. The van der Waals surface area contributed by atoms with E-state index in [2.05, 4.69) is 31.2 Å². The van der Waals surface area contributed by atoms with Crippen LogP contribution in [0.4, 0.5) is 5.69 Å². The van der Waals surface area contributed by atoms with E-state index >= 15 is 0 Å². The highest BCUT2D eigenvalue weighted by Crippen LogP contribution is 2.47. The van der Waals surface area contributed by atoms with E-state index in [-0.39, 0.29) is 46.1 Å². The summed E-state index contributed by atoms with van der Waals surface area (Å²) in [5, 5.41) is 16.1. The lowest BCUT2D eigenvalue weighted by atomic mass is 9.68. The van der Waals surface area contributed by atoms with E-state index in [9.17, 15) is 18.9 Å². The van der Waals surface area contributed by atoms with Gasteiger partial charge in [-0.15, -0.1) is 9.46 Å². The van der Waals surface area contributed by atoms with Gasteiger partial charge in [-0.2, -0.15) is 0 Å². The van der Waals surface area contributed by atoms with Crippen molar-refractivity contribution in [3.63, 3.8) is 0 Å². The van der Waals surface area contributed by atoms with Gasteiger partial charge in [0.05, 0.1) is 37.4 Å². The van der Waals surface area contributed by atoms with E-state index < -0.39 is 33.8 Å². The molecule has 7 atom stereocenters. The van der Waals surface area contributed by atoms with Crippen molar-refractivity contribution in [1.29, 1.82) is 0 Å². The zero-order chi connectivity index (χ0) is 36.8. The monoisotopic (exact) mass is 751 g/mol. The number of fused-ring (bicyclic) bond motifs is 4. The van der Waals surface area contributed by atoms with Crippen LogP contribution in [0.15, 0.2) is 59.1 Å². The van der Waals surface area contributed by atoms with Gasteiger partial charge in [0.1, 0.15) is 21.2 Å². The van der Waals surface area contributed by atoms with Crippen molar-refractivity contribution in [3.05, 3.63) is 82.0 Å². The molecule has 0 radical (unpaired) electrons. The van der Waals surface area contributed by atoms with Crippen LogP contribution in [0.3, 0.4) is 0 Å². The fraction of sp³-hybridized carbons (Fsp3) is 0.500. The second-order valence-corrected chi connectivity index (χ2v) is 17.1. The van der Waals surface area contributed by atoms with Crippen molar-refractivity contribution < 1.29 is 33.1 Å². The molecule has 1 unspecified atom stereocenters. The molecule has 278 valence electrons. The Kier molecular flexibility index (Phi) is 10.2. The molecule has 2 bridgehead atoms. The first-order chi connectivity index (χ1) is 24.9. The topological polar surface area (TPSA) is 145 Å². The lowest BCUT2D eigenvalue weighted by molar-refractivity contribution is 0.0124. The summed E-state index contributed by atoms with van der Waals surface area (Å²) < 4.78 is 40.6. The molecule has 2 amide bonds. The quantitative estimate of drug-likeness (QED) is 0.348. The molecule has 2 aliphatic carbocycles. The second kappa shape index (κ2) is 14.5. The predicted molar refractivity (Wildman–Crippen MR) is 199 cm³/mol. The molecule has 52 heavy (non-hydrogen) atoms. The zero-order valence-electron chi connectivity index (χ0n) is 29.9. The Morgan fingerprint density at radius 1 is 1.17 bits per heavy atom. The second-order valence-electron chi connectivity index (χ2n) is 14.7. The smallest absolute Gasteiger partial charge is 0.286 e. The Balaban J connectivity index is 1.32. The van der Waals surface area contributed by atoms with E-state index in [1.165, 1.54) is 29.1 Å². The van der Waals surface area contributed by atoms with Crippen molar-refractivity contribution >= 4 is 39.0 Å². The van der Waals surface area contributed by atoms with Crippen LogP contribution >= 0.6 is 11.6 Å². The third-order valence-electron chi connectivity index (χ3n) is 11.2. The van der Waals surface area contributed by atoms with E-state index in [4.69, 9.17) is 25.8 Å². The van der Waals surface area contributed by atoms with Gasteiger partial charge >= 0.3 is 0 Å². The number of halogens is 1. The number of hydrogen-bond donors (Lipinski definition) is 2. The number of benzene rings is 2. The Hall–Kier alpha value is -3.91. The summed E-state index contributed by atoms with van der Waals surface area (Å²) in [5.74, 6) is -1.29. The van der Waals surface area contributed by atoms with Crippen molar-refractivity contribution in [1.82, 2.24) is 14.5 Å². The summed E-state index contributed by atoms with van der Waals surface area (Å²) in [6.07, 6.45) is 8.55. The number of ether oxygens (including phenoxy) is 3. The number of rotatable bonds is 4. The number of aromatic nitrogens is 2. The standard InChI is InChI=1S/C38H46ClN5O7S/c1-23-20-52(48,42-36(47)29-19-43(2)40-37(29)50-4)41-35(46)25-8-13-34-31(17-25)44(18-26-7-10-28(26)33(49-3)14-12-32(23)45)21-38(22-51-34)15-5-6-24-16-27(39)9-11-30(24)38/h8-9,11-14,16-17,19,23,26,28,32-33,45H,5-7,10,15,18,20-22H2,1-4H3,(H,41,42,46,47,48)/b14-12-/t23-,26+,28-,32+,33+,38+,52?/m1/s1. The minimum absolute atomic E-state index is 0.0331. The number of anilines is 1. The van der Waals surface area contributed by atoms with Gasteiger partial charge in [0.25, 0.3) is 11.8 Å². The molecule has 4 aliphatic rings. The lowest BCUT2D eigenvalue weighted by Crippen LogP contribution is -2.49. The Bertz CT molecular complexity index is 2030. The fourth-order valence-corrected chi connectivity index (χ4v) is 10.4. The third kappa shape index (κ3) is 7.07. The van der Waals surface area contributed by atoms with Crippen LogP contribution in [0.25, 0.3) is 0 Å². The summed E-state index contributed by atoms with van der Waals surface area (Å²) in [5.41, 5.74) is 3.17. The number of nitrogens with one attached hydrogen (secondary N) is 1. The largest absolute Gasteiger partial charge is 0.490 e. The fourth-order valence-electron chi connectivity index (χ4n) is 8.31. The number of hydrogen-bond acceptors (Lipinski definition) is 9. The first-order valence-corrected chi connectivity index (χ1v) is 19.9. The van der Waals surface area contributed by atoms with Crippen LogP contribution in [0.2, 0.25) is 5.02 Å². The molecular formula is C38H46ClN5O7S. The molecule has 3 heterocycles. The number of aryl methyl sites for hydroxylation is 2. The summed E-state index contributed by atoms with van der Waals surface area (Å²) in [6.45, 7) is 3.53. The predicted octanol–water partition coefficient (Wildman–Crippen LogP) is 5.12. The van der Waals surface area contributed by atoms with E-state index in [0.29, 0.717) is 30.5 Å². The normalized spacial score (nSPS) is 30.8. The third-order valence-corrected chi connectivity index (χ3v) is 13.4. The SMILES string of the molecule is COc1nn(C)cc1C(=O)NS1(=O)=NC(=O)c2ccc3c(c2)N(C[C@@H]2CC[C@H]2[C@@H](OC)/C=C\[C@H](O)[C@H](C)C1)C[C@@]1(CCCc2cc(Cl)ccc21)CO3. The van der Waals surface area contributed by atoms with Crippen LogP contribution in [-0.2, 0) is 33.5 Å². The Labute approximate surface area is 309 Å². The first-order valence-electron chi connectivity index (χ1n) is 17.8. The minimum atomic E-state index is -3.79. The van der Waals surface area contributed by atoms with Gasteiger partial charge in [-0.3, -0.25) is 19.0 Å². The van der Waals surface area contributed by atoms with Crippen LogP contribution in [-0.4, -0.2) is 82.8 Å². The van der Waals surface area contributed by atoms with Crippen LogP contribution in [0.1, 0.15) is 64.4 Å². The molecule has 1 spiro atoms. The first kappa shape index (κ1) is 36.4.